The summed E-state index contributed by atoms with van der Waals surface area (Å²) in [5.74, 6) is 0. The van der Waals surface area contributed by atoms with Crippen molar-refractivity contribution in [3.63, 3.8) is 0 Å². The number of anilines is 3. The summed E-state index contributed by atoms with van der Waals surface area (Å²) in [4.78, 5) is 2.38. The second-order valence-electron chi connectivity index (χ2n) is 11.8. The Morgan fingerprint density at radius 2 is 1.09 bits per heavy atom. The van der Waals surface area contributed by atoms with Crippen molar-refractivity contribution in [3.05, 3.63) is 158 Å². The van der Waals surface area contributed by atoms with E-state index in [-0.39, 0.29) is 0 Å². The largest absolute Gasteiger partial charge is 0.456 e. The van der Waals surface area contributed by atoms with E-state index in [4.69, 9.17) is 4.42 Å². The number of para-hydroxylation sites is 3. The van der Waals surface area contributed by atoms with Gasteiger partial charge in [-0.05, 0) is 78.9 Å². The second-order valence-corrected chi connectivity index (χ2v) is 12.9. The van der Waals surface area contributed by atoms with Gasteiger partial charge in [-0.3, -0.25) is 0 Å². The van der Waals surface area contributed by atoms with Gasteiger partial charge in [0, 0.05) is 64.5 Å². The fraction of sp³-hybridized carbons (Fsp3) is 0. The lowest BCUT2D eigenvalue weighted by molar-refractivity contribution is 0.669. The van der Waals surface area contributed by atoms with E-state index >= 15 is 0 Å². The quantitative estimate of drug-likeness (QED) is 0.199. The molecule has 0 N–H and O–H groups in total. The highest BCUT2D eigenvalue weighted by atomic mass is 32.1. The van der Waals surface area contributed by atoms with E-state index in [2.05, 4.69) is 155 Å². The average molecular weight is 607 g/mol. The number of hydrogen-bond acceptors (Lipinski definition) is 3. The van der Waals surface area contributed by atoms with Gasteiger partial charge in [0.05, 0.1) is 11.0 Å². The van der Waals surface area contributed by atoms with Gasteiger partial charge in [-0.25, -0.2) is 0 Å². The molecule has 0 fully saturated rings. The monoisotopic (exact) mass is 606 g/mol. The molecule has 0 aliphatic carbocycles. The highest BCUT2D eigenvalue weighted by Gasteiger charge is 2.19. The van der Waals surface area contributed by atoms with Crippen molar-refractivity contribution in [2.24, 2.45) is 0 Å². The number of fused-ring (bicyclic) bond motifs is 9. The topological polar surface area (TPSA) is 21.3 Å². The van der Waals surface area contributed by atoms with Crippen LogP contribution in [-0.4, -0.2) is 4.57 Å². The van der Waals surface area contributed by atoms with Crippen molar-refractivity contribution >= 4 is 92.3 Å². The van der Waals surface area contributed by atoms with Crippen molar-refractivity contribution in [2.75, 3.05) is 4.90 Å². The normalized spacial score (nSPS) is 11.9. The molecule has 0 atom stereocenters. The molecule has 7 aromatic carbocycles. The number of thiophene rings is 1. The van der Waals surface area contributed by atoms with Gasteiger partial charge in [0.15, 0.2) is 0 Å². The van der Waals surface area contributed by atoms with Crippen LogP contribution >= 0.6 is 11.3 Å². The molecule has 0 unspecified atom stereocenters. The fourth-order valence-electron chi connectivity index (χ4n) is 7.11. The third-order valence-corrected chi connectivity index (χ3v) is 10.3. The molecule has 10 aromatic rings. The lowest BCUT2D eigenvalue weighted by Crippen LogP contribution is -2.09. The Kier molecular flexibility index (Phi) is 5.45. The van der Waals surface area contributed by atoms with E-state index in [9.17, 15) is 0 Å². The summed E-state index contributed by atoms with van der Waals surface area (Å²) >= 11 is 1.85. The maximum absolute atomic E-state index is 6.18. The number of furan rings is 1. The maximum atomic E-state index is 6.18. The molecule has 3 aromatic heterocycles. The molecular weight excluding hydrogens is 581 g/mol. The van der Waals surface area contributed by atoms with Crippen LogP contribution < -0.4 is 4.90 Å². The van der Waals surface area contributed by atoms with Gasteiger partial charge in [-0.1, -0.05) is 78.9 Å². The number of rotatable bonds is 4. The maximum Gasteiger partial charge on any atom is 0.135 e. The van der Waals surface area contributed by atoms with Crippen LogP contribution in [0.1, 0.15) is 0 Å². The van der Waals surface area contributed by atoms with Crippen LogP contribution in [0, 0.1) is 0 Å². The molecule has 0 aliphatic rings. The molecule has 3 nitrogen and oxygen atoms in total. The lowest BCUT2D eigenvalue weighted by atomic mass is 10.1. The molecule has 3 heterocycles. The number of hydrogen-bond donors (Lipinski definition) is 0. The summed E-state index contributed by atoms with van der Waals surface area (Å²) in [6, 6.07) is 56.6. The summed E-state index contributed by atoms with van der Waals surface area (Å²) in [5.41, 5.74) is 8.63. The van der Waals surface area contributed by atoms with Crippen LogP contribution in [0.4, 0.5) is 17.1 Å². The number of benzene rings is 7. The van der Waals surface area contributed by atoms with Crippen molar-refractivity contribution < 1.29 is 4.42 Å². The molecule has 4 heteroatoms. The molecule has 46 heavy (non-hydrogen) atoms. The van der Waals surface area contributed by atoms with E-state index in [0.29, 0.717) is 0 Å². The van der Waals surface area contributed by atoms with Gasteiger partial charge in [-0.15, -0.1) is 11.3 Å². The highest BCUT2D eigenvalue weighted by Crippen LogP contribution is 2.43. The van der Waals surface area contributed by atoms with Gasteiger partial charge >= 0.3 is 0 Å². The second kappa shape index (κ2) is 9.83. The Bertz CT molecular complexity index is 2770. The fourth-order valence-corrected chi connectivity index (χ4v) is 8.19. The third-order valence-electron chi connectivity index (χ3n) is 9.17. The first-order chi connectivity index (χ1) is 22.8. The van der Waals surface area contributed by atoms with Gasteiger partial charge < -0.3 is 13.9 Å². The SMILES string of the molecule is c1ccc(N(c2ccc3sc4ccccc4c3c2)c2ccc3c4ccccc4n(-c4ccc5oc6ccccc6c5c4)c3c2)cc1. The standard InChI is InChI=1S/C42H26N2OS/c1-2-10-27(11-3-1)43(28-20-23-42-36(25-28)34-14-6-9-17-41(34)46-42)30-18-21-32-31-12-4-7-15-37(31)44(38(32)26-30)29-19-22-40-35(24-29)33-13-5-8-16-39(33)45-40/h1-26H. The van der Waals surface area contributed by atoms with Crippen molar-refractivity contribution in [2.45, 2.75) is 0 Å². The Balaban J connectivity index is 1.23. The molecule has 10 rings (SSSR count). The van der Waals surface area contributed by atoms with Gasteiger partial charge in [0.2, 0.25) is 0 Å². The molecule has 0 amide bonds. The van der Waals surface area contributed by atoms with Crippen molar-refractivity contribution in [3.8, 4) is 5.69 Å². The summed E-state index contributed by atoms with van der Waals surface area (Å²) in [7, 11) is 0. The molecule has 0 saturated heterocycles. The predicted octanol–water partition coefficient (Wildman–Crippen LogP) is 12.5. The zero-order chi connectivity index (χ0) is 30.2. The number of nitrogens with zero attached hydrogens (tertiary/aromatic N) is 2. The van der Waals surface area contributed by atoms with E-state index in [1.54, 1.807) is 0 Å². The molecule has 0 aliphatic heterocycles. The van der Waals surface area contributed by atoms with Crippen molar-refractivity contribution in [1.29, 1.82) is 0 Å². The minimum atomic E-state index is 0.901. The van der Waals surface area contributed by atoms with Crippen molar-refractivity contribution in [1.82, 2.24) is 4.57 Å². The Hall–Kier alpha value is -5.84. The van der Waals surface area contributed by atoms with Crippen LogP contribution in [0.25, 0.3) is 69.6 Å². The van der Waals surface area contributed by atoms with Gasteiger partial charge in [-0.2, -0.15) is 0 Å². The first-order valence-corrected chi connectivity index (χ1v) is 16.3. The van der Waals surface area contributed by atoms with Crippen LogP contribution in [0.3, 0.4) is 0 Å². The van der Waals surface area contributed by atoms with Crippen LogP contribution in [0.5, 0.6) is 0 Å². The summed E-state index contributed by atoms with van der Waals surface area (Å²) in [6.07, 6.45) is 0. The van der Waals surface area contributed by atoms with Crippen LogP contribution in [-0.2, 0) is 0 Å². The number of aromatic nitrogens is 1. The van der Waals surface area contributed by atoms with Crippen LogP contribution in [0.2, 0.25) is 0 Å². The Morgan fingerprint density at radius 1 is 0.413 bits per heavy atom. The predicted molar refractivity (Wildman–Crippen MR) is 196 cm³/mol. The van der Waals surface area contributed by atoms with E-state index in [0.717, 1.165) is 50.2 Å². The molecule has 0 bridgehead atoms. The lowest BCUT2D eigenvalue weighted by Gasteiger charge is -2.26. The van der Waals surface area contributed by atoms with E-state index in [1.807, 2.05) is 23.5 Å². The minimum absolute atomic E-state index is 0.901. The van der Waals surface area contributed by atoms with Crippen LogP contribution in [0.15, 0.2) is 162 Å². The Labute approximate surface area is 268 Å². The first-order valence-electron chi connectivity index (χ1n) is 15.5. The molecule has 0 saturated carbocycles. The molecule has 0 radical (unpaired) electrons. The smallest absolute Gasteiger partial charge is 0.135 e. The molecular formula is C42H26N2OS. The minimum Gasteiger partial charge on any atom is -0.456 e. The highest BCUT2D eigenvalue weighted by molar-refractivity contribution is 7.25. The third kappa shape index (κ3) is 3.77. The zero-order valence-corrected chi connectivity index (χ0v) is 25.5. The van der Waals surface area contributed by atoms with E-state index < -0.39 is 0 Å². The molecule has 216 valence electrons. The summed E-state index contributed by atoms with van der Waals surface area (Å²) in [5, 5.41) is 7.30. The zero-order valence-electron chi connectivity index (χ0n) is 24.7. The summed E-state index contributed by atoms with van der Waals surface area (Å²) in [6.45, 7) is 0. The first kappa shape index (κ1) is 25.5. The Morgan fingerprint density at radius 3 is 2.00 bits per heavy atom. The summed E-state index contributed by atoms with van der Waals surface area (Å²) < 4.78 is 11.2. The van der Waals surface area contributed by atoms with Gasteiger partial charge in [0.25, 0.3) is 0 Å². The van der Waals surface area contributed by atoms with Gasteiger partial charge in [0.1, 0.15) is 11.2 Å². The average Bonchev–Trinajstić information content (AvgIpc) is 3.78. The van der Waals surface area contributed by atoms with E-state index in [1.165, 1.54) is 36.5 Å². The molecule has 0 spiro atoms.